The van der Waals surface area contributed by atoms with Crippen LogP contribution in [0.25, 0.3) is 0 Å². The van der Waals surface area contributed by atoms with Crippen molar-refractivity contribution in [3.63, 3.8) is 0 Å². The number of carbonyl (C=O) groups excluding carboxylic acids is 1. The van der Waals surface area contributed by atoms with Gasteiger partial charge in [-0.1, -0.05) is 13.3 Å². The molecule has 1 aliphatic rings. The van der Waals surface area contributed by atoms with Crippen LogP contribution in [0.4, 0.5) is 0 Å². The van der Waals surface area contributed by atoms with Gasteiger partial charge in [0.15, 0.2) is 0 Å². The Bertz CT molecular complexity index is 170. The van der Waals surface area contributed by atoms with Crippen LogP contribution >= 0.6 is 0 Å². The molecule has 1 rings (SSSR count). The minimum Gasteiger partial charge on any atom is -0.316 e. The van der Waals surface area contributed by atoms with Crippen molar-refractivity contribution >= 4 is 5.91 Å². The normalized spacial score (nSPS) is 28.5. The molecule has 76 valence electrons. The molecule has 1 fully saturated rings. The molecule has 0 saturated carbocycles. The predicted molar refractivity (Wildman–Crippen MR) is 51.8 cm³/mol. The van der Waals surface area contributed by atoms with Crippen LogP contribution < -0.4 is 16.6 Å². The van der Waals surface area contributed by atoms with Gasteiger partial charge in [-0.25, -0.2) is 5.84 Å². The number of nitrogens with two attached hydrogens (primary N) is 1. The lowest BCUT2D eigenvalue weighted by atomic mass is 9.76. The summed E-state index contributed by atoms with van der Waals surface area (Å²) in [6, 6.07) is 0. The number of hydrogen-bond donors (Lipinski definition) is 3. The first-order valence-electron chi connectivity index (χ1n) is 4.97. The molecule has 1 aliphatic heterocycles. The van der Waals surface area contributed by atoms with E-state index < -0.39 is 0 Å². The van der Waals surface area contributed by atoms with Crippen LogP contribution in [-0.2, 0) is 4.79 Å². The van der Waals surface area contributed by atoms with Crippen molar-refractivity contribution in [3.8, 4) is 0 Å². The summed E-state index contributed by atoms with van der Waals surface area (Å²) >= 11 is 0. The average Bonchev–Trinajstić information content (AvgIpc) is 2.18. The van der Waals surface area contributed by atoms with E-state index in [2.05, 4.69) is 17.7 Å². The number of hydrazine groups is 1. The van der Waals surface area contributed by atoms with Gasteiger partial charge in [0.1, 0.15) is 0 Å². The van der Waals surface area contributed by atoms with Gasteiger partial charge < -0.3 is 5.32 Å². The molecule has 0 aromatic heterocycles. The van der Waals surface area contributed by atoms with Gasteiger partial charge >= 0.3 is 0 Å². The molecule has 1 heterocycles. The van der Waals surface area contributed by atoms with Gasteiger partial charge in [0, 0.05) is 6.54 Å². The van der Waals surface area contributed by atoms with Gasteiger partial charge in [0.2, 0.25) is 5.91 Å². The second-order valence-electron chi connectivity index (χ2n) is 3.78. The predicted octanol–water partition coefficient (Wildman–Crippen LogP) is 0.146. The van der Waals surface area contributed by atoms with Crippen LogP contribution in [0.1, 0.15) is 32.6 Å². The van der Waals surface area contributed by atoms with E-state index in [4.69, 9.17) is 5.84 Å². The third-order valence-corrected chi connectivity index (χ3v) is 2.81. The van der Waals surface area contributed by atoms with E-state index in [0.29, 0.717) is 0 Å². The topological polar surface area (TPSA) is 67.2 Å². The maximum absolute atomic E-state index is 11.6. The molecule has 0 spiro atoms. The molecule has 0 radical (unpaired) electrons. The average molecular weight is 185 g/mol. The maximum Gasteiger partial charge on any atom is 0.241 e. The number of piperidine rings is 1. The number of carbonyl (C=O) groups is 1. The Hall–Kier alpha value is -0.610. The Kier molecular flexibility index (Phi) is 3.69. The first kappa shape index (κ1) is 10.5. The van der Waals surface area contributed by atoms with Crippen molar-refractivity contribution in [2.45, 2.75) is 32.6 Å². The monoisotopic (exact) mass is 185 g/mol. The largest absolute Gasteiger partial charge is 0.316 e. The Morgan fingerprint density at radius 2 is 2.46 bits per heavy atom. The number of hydrogen-bond acceptors (Lipinski definition) is 3. The highest BCUT2D eigenvalue weighted by molar-refractivity contribution is 5.82. The zero-order chi connectivity index (χ0) is 9.73. The van der Waals surface area contributed by atoms with Crippen molar-refractivity contribution < 1.29 is 4.79 Å². The van der Waals surface area contributed by atoms with Gasteiger partial charge in [0.05, 0.1) is 5.41 Å². The maximum atomic E-state index is 11.6. The second kappa shape index (κ2) is 4.58. The molecule has 0 aromatic rings. The van der Waals surface area contributed by atoms with Crippen LogP contribution in [0.2, 0.25) is 0 Å². The second-order valence-corrected chi connectivity index (χ2v) is 3.78. The van der Waals surface area contributed by atoms with E-state index in [1.807, 2.05) is 0 Å². The fourth-order valence-corrected chi connectivity index (χ4v) is 2.12. The highest BCUT2D eigenvalue weighted by Gasteiger charge is 2.37. The van der Waals surface area contributed by atoms with Crippen molar-refractivity contribution in [3.05, 3.63) is 0 Å². The molecule has 0 aromatic carbocycles. The van der Waals surface area contributed by atoms with Gasteiger partial charge in [-0.05, 0) is 25.8 Å². The van der Waals surface area contributed by atoms with Crippen molar-refractivity contribution in [1.29, 1.82) is 0 Å². The molecule has 1 atom stereocenters. The molecule has 4 heteroatoms. The molecule has 1 unspecified atom stereocenters. The van der Waals surface area contributed by atoms with Crippen molar-refractivity contribution in [1.82, 2.24) is 10.7 Å². The number of nitrogens with one attached hydrogen (secondary N) is 2. The van der Waals surface area contributed by atoms with Gasteiger partial charge in [-0.2, -0.15) is 0 Å². The summed E-state index contributed by atoms with van der Waals surface area (Å²) in [6.45, 7) is 3.88. The van der Waals surface area contributed by atoms with E-state index in [1.54, 1.807) is 0 Å². The lowest BCUT2D eigenvalue weighted by Gasteiger charge is -2.35. The number of rotatable bonds is 3. The fraction of sp³-hybridized carbons (Fsp3) is 0.889. The number of amides is 1. The third kappa shape index (κ3) is 2.19. The van der Waals surface area contributed by atoms with Gasteiger partial charge in [0.25, 0.3) is 0 Å². The highest BCUT2D eigenvalue weighted by Crippen LogP contribution is 2.31. The Morgan fingerprint density at radius 3 is 2.92 bits per heavy atom. The fourth-order valence-electron chi connectivity index (χ4n) is 2.12. The molecule has 1 amide bonds. The van der Waals surface area contributed by atoms with Crippen LogP contribution in [0.3, 0.4) is 0 Å². The Balaban J connectivity index is 2.66. The standard InChI is InChI=1S/C9H19N3O/c1-2-4-9(8(13)12-10)5-3-6-11-7-9/h11H,2-7,10H2,1H3,(H,12,13). The summed E-state index contributed by atoms with van der Waals surface area (Å²) in [5, 5.41) is 3.26. The Labute approximate surface area is 79.2 Å². The van der Waals surface area contributed by atoms with Crippen molar-refractivity contribution in [2.24, 2.45) is 11.3 Å². The highest BCUT2D eigenvalue weighted by atomic mass is 16.2. The minimum atomic E-state index is -0.248. The third-order valence-electron chi connectivity index (χ3n) is 2.81. The first-order chi connectivity index (χ1) is 6.25. The minimum absolute atomic E-state index is 0.0125. The van der Waals surface area contributed by atoms with E-state index >= 15 is 0 Å². The summed E-state index contributed by atoms with van der Waals surface area (Å²) in [7, 11) is 0. The van der Waals surface area contributed by atoms with Crippen LogP contribution in [0.15, 0.2) is 0 Å². The summed E-state index contributed by atoms with van der Waals surface area (Å²) in [4.78, 5) is 11.6. The summed E-state index contributed by atoms with van der Waals surface area (Å²) in [5.41, 5.74) is 2.03. The summed E-state index contributed by atoms with van der Waals surface area (Å²) in [6.07, 6.45) is 3.96. The van der Waals surface area contributed by atoms with Gasteiger partial charge in [-0.3, -0.25) is 10.2 Å². The zero-order valence-electron chi connectivity index (χ0n) is 8.23. The molecule has 0 aliphatic carbocycles. The molecular weight excluding hydrogens is 166 g/mol. The molecule has 4 N–H and O–H groups in total. The first-order valence-corrected chi connectivity index (χ1v) is 4.97. The molecule has 1 saturated heterocycles. The van der Waals surface area contributed by atoms with Crippen LogP contribution in [-0.4, -0.2) is 19.0 Å². The molecule has 13 heavy (non-hydrogen) atoms. The van der Waals surface area contributed by atoms with Crippen molar-refractivity contribution in [2.75, 3.05) is 13.1 Å². The smallest absolute Gasteiger partial charge is 0.241 e. The Morgan fingerprint density at radius 1 is 1.69 bits per heavy atom. The van der Waals surface area contributed by atoms with E-state index in [1.165, 1.54) is 0 Å². The SMILES string of the molecule is CCCC1(C(=O)NN)CCCNC1. The van der Waals surface area contributed by atoms with E-state index in [9.17, 15) is 4.79 Å². The molecule has 0 bridgehead atoms. The van der Waals surface area contributed by atoms with E-state index in [-0.39, 0.29) is 11.3 Å². The lowest BCUT2D eigenvalue weighted by molar-refractivity contribution is -0.132. The summed E-state index contributed by atoms with van der Waals surface area (Å²) < 4.78 is 0. The van der Waals surface area contributed by atoms with Crippen LogP contribution in [0.5, 0.6) is 0 Å². The van der Waals surface area contributed by atoms with E-state index in [0.717, 1.165) is 38.8 Å². The zero-order valence-corrected chi connectivity index (χ0v) is 8.23. The summed E-state index contributed by atoms with van der Waals surface area (Å²) in [5.74, 6) is 5.18. The van der Waals surface area contributed by atoms with Crippen LogP contribution in [0, 0.1) is 5.41 Å². The molecular formula is C9H19N3O. The molecule has 4 nitrogen and oxygen atoms in total. The quantitative estimate of drug-likeness (QED) is 0.333. The van der Waals surface area contributed by atoms with Gasteiger partial charge in [-0.15, -0.1) is 0 Å². The lowest BCUT2D eigenvalue weighted by Crippen LogP contribution is -2.52.